The van der Waals surface area contributed by atoms with Crippen LogP contribution in [0.15, 0.2) is 64.6 Å². The summed E-state index contributed by atoms with van der Waals surface area (Å²) in [6, 6.07) is 6.43. The van der Waals surface area contributed by atoms with E-state index >= 15 is 0 Å². The lowest BCUT2D eigenvalue weighted by atomic mass is 9.84. The summed E-state index contributed by atoms with van der Waals surface area (Å²) < 4.78 is 18.0. The standard InChI is InChI=1S/C26H27NO6/c1-15-4-5-20-19(10-15)26(2,32-9-8-31-3)25-18-12-17-11-16(13-24(29)30)21(28)14-23(17)33-22(18)6-7-27(20)25/h4-5,10-12,14,22H,6-9,13H2,1-3H3,(H,29,30). The lowest BCUT2D eigenvalue weighted by molar-refractivity contribution is -0.136. The van der Waals surface area contributed by atoms with Gasteiger partial charge in [0.15, 0.2) is 5.78 Å². The van der Waals surface area contributed by atoms with E-state index in [0.29, 0.717) is 19.0 Å². The molecule has 0 bridgehead atoms. The number of allylic oxidation sites excluding steroid dienone is 2. The van der Waals surface area contributed by atoms with Gasteiger partial charge in [-0.05, 0) is 32.1 Å². The Morgan fingerprint density at radius 3 is 2.85 bits per heavy atom. The van der Waals surface area contributed by atoms with Crippen LogP contribution in [0.3, 0.4) is 0 Å². The molecule has 33 heavy (non-hydrogen) atoms. The maximum Gasteiger partial charge on any atom is 0.307 e. The summed E-state index contributed by atoms with van der Waals surface area (Å²) >= 11 is 0. The SMILES string of the molecule is COCCOC1(C)C2=C3C=C4C=C(CC(=O)O)C(=O)C=C4OC3CCN2c2ccc(C)cc21. The monoisotopic (exact) mass is 449 g/mol. The molecule has 5 rings (SSSR count). The molecule has 3 aliphatic heterocycles. The molecule has 7 heteroatoms. The number of carbonyl (C=O) groups is 2. The maximum atomic E-state index is 12.4. The van der Waals surface area contributed by atoms with Crippen LogP contribution in [0, 0.1) is 6.92 Å². The van der Waals surface area contributed by atoms with Crippen molar-refractivity contribution in [2.75, 3.05) is 31.8 Å². The Labute approximate surface area is 192 Å². The molecule has 1 aromatic carbocycles. The first kappa shape index (κ1) is 21.7. The molecule has 2 unspecified atom stereocenters. The van der Waals surface area contributed by atoms with Gasteiger partial charge in [-0.15, -0.1) is 0 Å². The van der Waals surface area contributed by atoms with E-state index in [-0.39, 0.29) is 23.9 Å². The Kier molecular flexibility index (Phi) is 5.26. The fourth-order valence-electron chi connectivity index (χ4n) is 5.21. The molecular weight excluding hydrogens is 422 g/mol. The first-order valence-corrected chi connectivity index (χ1v) is 11.1. The van der Waals surface area contributed by atoms with E-state index in [0.717, 1.165) is 46.6 Å². The predicted molar refractivity (Wildman–Crippen MR) is 122 cm³/mol. The molecule has 2 atom stereocenters. The zero-order valence-corrected chi connectivity index (χ0v) is 19.0. The summed E-state index contributed by atoms with van der Waals surface area (Å²) in [4.78, 5) is 25.9. The van der Waals surface area contributed by atoms with Crippen molar-refractivity contribution in [2.45, 2.75) is 38.4 Å². The van der Waals surface area contributed by atoms with Crippen molar-refractivity contribution in [1.29, 1.82) is 0 Å². The van der Waals surface area contributed by atoms with Gasteiger partial charge < -0.3 is 24.2 Å². The number of carbonyl (C=O) groups excluding carboxylic acids is 1. The normalized spacial score (nSPS) is 25.3. The minimum atomic E-state index is -1.03. The summed E-state index contributed by atoms with van der Waals surface area (Å²) in [7, 11) is 1.65. The highest BCUT2D eigenvalue weighted by atomic mass is 16.5. The number of hydrogen-bond acceptors (Lipinski definition) is 6. The van der Waals surface area contributed by atoms with Crippen LogP contribution in [0.1, 0.15) is 30.9 Å². The minimum Gasteiger partial charge on any atom is -0.485 e. The van der Waals surface area contributed by atoms with Crippen molar-refractivity contribution in [3.8, 4) is 0 Å². The maximum absolute atomic E-state index is 12.4. The number of benzene rings is 1. The number of ether oxygens (including phenoxy) is 3. The smallest absolute Gasteiger partial charge is 0.307 e. The Bertz CT molecular complexity index is 1170. The number of carboxylic acids is 1. The van der Waals surface area contributed by atoms with E-state index in [2.05, 4.69) is 36.9 Å². The summed E-state index contributed by atoms with van der Waals surface area (Å²) in [5.41, 5.74) is 5.72. The molecule has 172 valence electrons. The van der Waals surface area contributed by atoms with E-state index in [9.17, 15) is 14.7 Å². The lowest BCUT2D eigenvalue weighted by Crippen LogP contribution is -2.41. The highest BCUT2D eigenvalue weighted by Gasteiger charge is 2.50. The molecule has 7 nitrogen and oxygen atoms in total. The number of fused-ring (bicyclic) bond motifs is 5. The zero-order chi connectivity index (χ0) is 23.3. The molecule has 1 N–H and O–H groups in total. The van der Waals surface area contributed by atoms with Crippen LogP contribution in [-0.4, -0.2) is 49.8 Å². The Morgan fingerprint density at radius 2 is 2.09 bits per heavy atom. The predicted octanol–water partition coefficient (Wildman–Crippen LogP) is 3.54. The number of hydrogen-bond donors (Lipinski definition) is 1. The molecule has 0 fully saturated rings. The summed E-state index contributed by atoms with van der Waals surface area (Å²) in [5.74, 6) is -0.840. The van der Waals surface area contributed by atoms with Crippen LogP contribution in [-0.2, 0) is 29.4 Å². The van der Waals surface area contributed by atoms with Crippen LogP contribution in [0.25, 0.3) is 0 Å². The van der Waals surface area contributed by atoms with Crippen molar-refractivity contribution < 1.29 is 28.9 Å². The zero-order valence-electron chi connectivity index (χ0n) is 19.0. The topological polar surface area (TPSA) is 85.3 Å². The van der Waals surface area contributed by atoms with Gasteiger partial charge in [0.05, 0.1) is 25.3 Å². The van der Waals surface area contributed by atoms with Crippen molar-refractivity contribution in [3.05, 3.63) is 75.7 Å². The van der Waals surface area contributed by atoms with Gasteiger partial charge in [0.25, 0.3) is 0 Å². The van der Waals surface area contributed by atoms with E-state index < -0.39 is 11.6 Å². The number of aryl methyl sites for hydroxylation is 1. The van der Waals surface area contributed by atoms with Crippen LogP contribution in [0.4, 0.5) is 5.69 Å². The molecule has 3 heterocycles. The van der Waals surface area contributed by atoms with E-state index in [1.165, 1.54) is 6.08 Å². The highest BCUT2D eigenvalue weighted by Crippen LogP contribution is 2.53. The molecule has 0 aromatic heterocycles. The van der Waals surface area contributed by atoms with Gasteiger partial charge in [0, 0.05) is 54.1 Å². The second-order valence-electron chi connectivity index (χ2n) is 8.96. The molecule has 0 saturated heterocycles. The molecule has 0 spiro atoms. The number of nitrogens with zero attached hydrogens (tertiary/aromatic N) is 1. The lowest BCUT2D eigenvalue weighted by Gasteiger charge is -2.41. The van der Waals surface area contributed by atoms with Gasteiger partial charge >= 0.3 is 5.97 Å². The Morgan fingerprint density at radius 1 is 1.27 bits per heavy atom. The quantitative estimate of drug-likeness (QED) is 0.665. The third-order valence-corrected chi connectivity index (χ3v) is 6.71. The first-order chi connectivity index (χ1) is 15.8. The number of aliphatic carboxylic acids is 1. The van der Waals surface area contributed by atoms with Crippen molar-refractivity contribution >= 4 is 17.4 Å². The molecule has 1 aliphatic carbocycles. The van der Waals surface area contributed by atoms with Gasteiger partial charge in [-0.3, -0.25) is 9.59 Å². The fraction of sp³-hybridized carbons (Fsp3) is 0.385. The number of methoxy groups -OCH3 is 1. The molecule has 4 aliphatic rings. The number of carboxylic acid groups (broad SMARTS) is 1. The second kappa shape index (κ2) is 8.01. The van der Waals surface area contributed by atoms with Crippen molar-refractivity contribution in [1.82, 2.24) is 0 Å². The first-order valence-electron chi connectivity index (χ1n) is 11.1. The minimum absolute atomic E-state index is 0.200. The Balaban J connectivity index is 1.66. The number of rotatable bonds is 6. The number of ketones is 1. The van der Waals surface area contributed by atoms with Gasteiger partial charge in [-0.2, -0.15) is 0 Å². The van der Waals surface area contributed by atoms with E-state index in [1.54, 1.807) is 13.2 Å². The second-order valence-corrected chi connectivity index (χ2v) is 8.96. The van der Waals surface area contributed by atoms with Crippen molar-refractivity contribution in [2.24, 2.45) is 0 Å². The van der Waals surface area contributed by atoms with Crippen LogP contribution >= 0.6 is 0 Å². The number of anilines is 1. The third kappa shape index (κ3) is 3.52. The fourth-order valence-corrected chi connectivity index (χ4v) is 5.21. The van der Waals surface area contributed by atoms with Crippen molar-refractivity contribution in [3.63, 3.8) is 0 Å². The van der Waals surface area contributed by atoms with Crippen LogP contribution < -0.4 is 4.90 Å². The molecule has 0 saturated carbocycles. The molecule has 1 aromatic rings. The molecule has 0 radical (unpaired) electrons. The van der Waals surface area contributed by atoms with Gasteiger partial charge in [-0.1, -0.05) is 17.7 Å². The van der Waals surface area contributed by atoms with E-state index in [1.807, 2.05) is 6.08 Å². The van der Waals surface area contributed by atoms with Gasteiger partial charge in [0.2, 0.25) is 0 Å². The summed E-state index contributed by atoms with van der Waals surface area (Å²) in [6.07, 6.45) is 5.34. The largest absolute Gasteiger partial charge is 0.485 e. The van der Waals surface area contributed by atoms with E-state index in [4.69, 9.17) is 14.2 Å². The highest BCUT2D eigenvalue weighted by molar-refractivity contribution is 6.09. The average molecular weight is 450 g/mol. The average Bonchev–Trinajstić information content (AvgIpc) is 3.01. The van der Waals surface area contributed by atoms with Crippen LogP contribution in [0.2, 0.25) is 0 Å². The van der Waals surface area contributed by atoms with Gasteiger partial charge in [-0.25, -0.2) is 0 Å². The molecular formula is C26H27NO6. The van der Waals surface area contributed by atoms with Gasteiger partial charge in [0.1, 0.15) is 17.5 Å². The summed E-state index contributed by atoms with van der Waals surface area (Å²) in [6.45, 7) is 5.86. The van der Waals surface area contributed by atoms with Crippen LogP contribution in [0.5, 0.6) is 0 Å². The summed E-state index contributed by atoms with van der Waals surface area (Å²) in [5, 5.41) is 9.18. The molecule has 0 amide bonds. The Hall–Kier alpha value is -3.16. The third-order valence-electron chi connectivity index (χ3n) is 6.71.